The number of aliphatic hydroxyl groups excluding tert-OH is 1. The summed E-state index contributed by atoms with van der Waals surface area (Å²) in [5.74, 6) is 0.582. The predicted molar refractivity (Wildman–Crippen MR) is 89.0 cm³/mol. The lowest BCUT2D eigenvalue weighted by Gasteiger charge is -2.26. The SMILES string of the molecule is O=C(CCCc1nc(-c2ccc(F)cc2)no1)NC1CCC(O)CC1. The van der Waals surface area contributed by atoms with Crippen molar-refractivity contribution >= 4 is 5.91 Å². The fraction of sp³-hybridized carbons (Fsp3) is 0.500. The van der Waals surface area contributed by atoms with E-state index < -0.39 is 0 Å². The minimum absolute atomic E-state index is 0.0136. The first-order valence-electron chi connectivity index (χ1n) is 8.66. The molecule has 0 bridgehead atoms. The lowest BCUT2D eigenvalue weighted by molar-refractivity contribution is -0.122. The van der Waals surface area contributed by atoms with Crippen molar-refractivity contribution in [3.63, 3.8) is 0 Å². The molecule has 0 spiro atoms. The van der Waals surface area contributed by atoms with Crippen molar-refractivity contribution in [1.82, 2.24) is 15.5 Å². The Labute approximate surface area is 145 Å². The van der Waals surface area contributed by atoms with E-state index in [0.717, 1.165) is 25.7 Å². The van der Waals surface area contributed by atoms with Crippen LogP contribution in [0.4, 0.5) is 4.39 Å². The highest BCUT2D eigenvalue weighted by Crippen LogP contribution is 2.19. The Hall–Kier alpha value is -2.28. The fourth-order valence-corrected chi connectivity index (χ4v) is 2.99. The Morgan fingerprint density at radius 3 is 2.68 bits per heavy atom. The molecule has 1 aliphatic carbocycles. The van der Waals surface area contributed by atoms with Crippen molar-refractivity contribution in [1.29, 1.82) is 0 Å². The third-order valence-corrected chi connectivity index (χ3v) is 4.43. The number of rotatable bonds is 6. The van der Waals surface area contributed by atoms with E-state index in [-0.39, 0.29) is 23.9 Å². The van der Waals surface area contributed by atoms with E-state index in [4.69, 9.17) is 4.52 Å². The highest BCUT2D eigenvalue weighted by Gasteiger charge is 2.20. The van der Waals surface area contributed by atoms with Gasteiger partial charge in [-0.05, 0) is 56.4 Å². The minimum atomic E-state index is -0.314. The second-order valence-electron chi connectivity index (χ2n) is 6.45. The van der Waals surface area contributed by atoms with Crippen LogP contribution in [0.5, 0.6) is 0 Å². The Balaban J connectivity index is 1.41. The molecule has 2 N–H and O–H groups in total. The Morgan fingerprint density at radius 1 is 1.24 bits per heavy atom. The zero-order valence-corrected chi connectivity index (χ0v) is 13.9. The molecular weight excluding hydrogens is 325 g/mol. The van der Waals surface area contributed by atoms with Gasteiger partial charge in [0.1, 0.15) is 5.82 Å². The number of benzene rings is 1. The van der Waals surface area contributed by atoms with Gasteiger partial charge in [0.15, 0.2) is 0 Å². The van der Waals surface area contributed by atoms with Crippen LogP contribution in [0.3, 0.4) is 0 Å². The van der Waals surface area contributed by atoms with Crippen LogP contribution in [0.2, 0.25) is 0 Å². The monoisotopic (exact) mass is 347 g/mol. The number of carbonyl (C=O) groups is 1. The third-order valence-electron chi connectivity index (χ3n) is 4.43. The maximum atomic E-state index is 12.9. The summed E-state index contributed by atoms with van der Waals surface area (Å²) in [5, 5.41) is 16.4. The quantitative estimate of drug-likeness (QED) is 0.839. The van der Waals surface area contributed by atoms with Crippen molar-refractivity contribution in [2.75, 3.05) is 0 Å². The van der Waals surface area contributed by atoms with Gasteiger partial charge in [0, 0.05) is 24.4 Å². The van der Waals surface area contributed by atoms with E-state index in [9.17, 15) is 14.3 Å². The first-order chi connectivity index (χ1) is 12.1. The van der Waals surface area contributed by atoms with Gasteiger partial charge in [-0.15, -0.1) is 0 Å². The van der Waals surface area contributed by atoms with Crippen LogP contribution in [-0.4, -0.2) is 33.3 Å². The zero-order chi connectivity index (χ0) is 17.6. The van der Waals surface area contributed by atoms with E-state index in [2.05, 4.69) is 15.5 Å². The molecule has 2 aromatic rings. The molecule has 1 saturated carbocycles. The molecule has 0 saturated heterocycles. The predicted octanol–water partition coefficient (Wildman–Crippen LogP) is 2.62. The van der Waals surface area contributed by atoms with Gasteiger partial charge in [-0.3, -0.25) is 4.79 Å². The Kier molecular flexibility index (Phi) is 5.75. The summed E-state index contributed by atoms with van der Waals surface area (Å²) >= 11 is 0. The van der Waals surface area contributed by atoms with Crippen LogP contribution in [0, 0.1) is 5.82 Å². The van der Waals surface area contributed by atoms with Crippen LogP contribution in [0.15, 0.2) is 28.8 Å². The molecule has 1 amide bonds. The first-order valence-corrected chi connectivity index (χ1v) is 8.66. The molecule has 1 heterocycles. The van der Waals surface area contributed by atoms with Crippen LogP contribution >= 0.6 is 0 Å². The molecule has 25 heavy (non-hydrogen) atoms. The number of halogens is 1. The number of aromatic nitrogens is 2. The molecule has 7 heteroatoms. The number of hydrogen-bond donors (Lipinski definition) is 2. The maximum Gasteiger partial charge on any atom is 0.226 e. The maximum absolute atomic E-state index is 12.9. The molecule has 1 aromatic carbocycles. The van der Waals surface area contributed by atoms with Crippen molar-refractivity contribution in [3.05, 3.63) is 36.0 Å². The summed E-state index contributed by atoms with van der Waals surface area (Å²) < 4.78 is 18.1. The van der Waals surface area contributed by atoms with Crippen molar-refractivity contribution in [2.24, 2.45) is 0 Å². The lowest BCUT2D eigenvalue weighted by Crippen LogP contribution is -2.38. The molecule has 1 aliphatic rings. The Morgan fingerprint density at radius 2 is 1.96 bits per heavy atom. The van der Waals surface area contributed by atoms with Crippen LogP contribution in [0.25, 0.3) is 11.4 Å². The molecule has 134 valence electrons. The van der Waals surface area contributed by atoms with Crippen LogP contribution < -0.4 is 5.32 Å². The minimum Gasteiger partial charge on any atom is -0.393 e. The van der Waals surface area contributed by atoms with E-state index in [1.54, 1.807) is 12.1 Å². The van der Waals surface area contributed by atoms with E-state index in [1.165, 1.54) is 12.1 Å². The summed E-state index contributed by atoms with van der Waals surface area (Å²) in [4.78, 5) is 16.2. The number of nitrogens with one attached hydrogen (secondary N) is 1. The van der Waals surface area contributed by atoms with Crippen molar-refractivity contribution in [2.45, 2.75) is 57.1 Å². The van der Waals surface area contributed by atoms with Gasteiger partial charge >= 0.3 is 0 Å². The zero-order valence-electron chi connectivity index (χ0n) is 13.9. The first kappa shape index (κ1) is 17.5. The number of nitrogens with zero attached hydrogens (tertiary/aromatic N) is 2. The molecule has 3 rings (SSSR count). The summed E-state index contributed by atoms with van der Waals surface area (Å²) in [6.07, 6.45) is 4.47. The second-order valence-corrected chi connectivity index (χ2v) is 6.45. The molecule has 1 aromatic heterocycles. The highest BCUT2D eigenvalue weighted by molar-refractivity contribution is 5.76. The standard InChI is InChI=1S/C18H22FN3O3/c19-13-6-4-12(5-7-13)18-21-17(25-22-18)3-1-2-16(24)20-14-8-10-15(23)11-9-14/h4-7,14-15,23H,1-3,8-11H2,(H,20,24). The summed E-state index contributed by atoms with van der Waals surface area (Å²) in [7, 11) is 0. The summed E-state index contributed by atoms with van der Waals surface area (Å²) in [6, 6.07) is 6.06. The van der Waals surface area contributed by atoms with Gasteiger partial charge in [-0.25, -0.2) is 4.39 Å². The van der Waals surface area contributed by atoms with Crippen LogP contribution in [0.1, 0.15) is 44.4 Å². The molecule has 6 nitrogen and oxygen atoms in total. The number of carbonyl (C=O) groups excluding carboxylic acids is 1. The van der Waals surface area contributed by atoms with Gasteiger partial charge < -0.3 is 14.9 Å². The van der Waals surface area contributed by atoms with E-state index in [0.29, 0.717) is 36.5 Å². The molecule has 0 unspecified atom stereocenters. The van der Waals surface area contributed by atoms with Gasteiger partial charge in [-0.2, -0.15) is 4.98 Å². The normalized spacial score (nSPS) is 20.4. The molecule has 0 aliphatic heterocycles. The van der Waals surface area contributed by atoms with Crippen molar-refractivity contribution in [3.8, 4) is 11.4 Å². The highest BCUT2D eigenvalue weighted by atomic mass is 19.1. The summed E-state index contributed by atoms with van der Waals surface area (Å²) in [5.41, 5.74) is 0.689. The largest absolute Gasteiger partial charge is 0.393 e. The topological polar surface area (TPSA) is 88.2 Å². The fourth-order valence-electron chi connectivity index (χ4n) is 2.99. The van der Waals surface area contributed by atoms with Gasteiger partial charge in [0.05, 0.1) is 6.10 Å². The number of amides is 1. The van der Waals surface area contributed by atoms with Crippen molar-refractivity contribution < 1.29 is 18.8 Å². The third kappa shape index (κ3) is 5.09. The number of aliphatic hydroxyl groups is 1. The Bertz CT molecular complexity index is 694. The number of hydrogen-bond acceptors (Lipinski definition) is 5. The second kappa shape index (κ2) is 8.20. The smallest absolute Gasteiger partial charge is 0.226 e. The van der Waals surface area contributed by atoms with E-state index >= 15 is 0 Å². The van der Waals surface area contributed by atoms with Gasteiger partial charge in [-0.1, -0.05) is 5.16 Å². The molecule has 1 fully saturated rings. The summed E-state index contributed by atoms with van der Waals surface area (Å²) in [6.45, 7) is 0. The lowest BCUT2D eigenvalue weighted by atomic mass is 9.93. The van der Waals surface area contributed by atoms with Gasteiger partial charge in [0.25, 0.3) is 0 Å². The molecule has 0 atom stereocenters. The number of aryl methyl sites for hydroxylation is 1. The van der Waals surface area contributed by atoms with Gasteiger partial charge in [0.2, 0.25) is 17.6 Å². The average Bonchev–Trinajstić information content (AvgIpc) is 3.06. The average molecular weight is 347 g/mol. The van der Waals surface area contributed by atoms with E-state index in [1.807, 2.05) is 0 Å². The molecular formula is C18H22FN3O3. The van der Waals surface area contributed by atoms with Crippen LogP contribution in [-0.2, 0) is 11.2 Å². The molecule has 0 radical (unpaired) electrons.